The Balaban J connectivity index is 0.000000284. The highest BCUT2D eigenvalue weighted by Crippen LogP contribution is 2.30. The number of likely N-dealkylation sites (tertiary alicyclic amines) is 1. The number of benzene rings is 2. The summed E-state index contributed by atoms with van der Waals surface area (Å²) in [4.78, 5) is 35.0. The molecule has 0 saturated carbocycles. The molecule has 2 atom stereocenters. The van der Waals surface area contributed by atoms with E-state index in [0.29, 0.717) is 50.1 Å². The number of nitrogens with one attached hydrogen (secondary N) is 3. The third-order valence-electron chi connectivity index (χ3n) is 7.43. The molecular weight excluding hydrogens is 615 g/mol. The summed E-state index contributed by atoms with van der Waals surface area (Å²) in [5, 5.41) is 18.8. The predicted octanol–water partition coefficient (Wildman–Crippen LogP) is 3.02. The molecule has 0 aliphatic carbocycles. The summed E-state index contributed by atoms with van der Waals surface area (Å²) >= 11 is 0. The molecule has 0 bridgehead atoms. The number of ether oxygens (including phenoxy) is 1. The summed E-state index contributed by atoms with van der Waals surface area (Å²) in [7, 11) is 0. The van der Waals surface area contributed by atoms with Gasteiger partial charge < -0.3 is 30.7 Å². The van der Waals surface area contributed by atoms with Crippen LogP contribution in [0.25, 0.3) is 0 Å². The van der Waals surface area contributed by atoms with Crippen LogP contribution in [0.2, 0.25) is 0 Å². The number of allylic oxidation sites excluding steroid dienone is 1. The number of carbonyl (C=O) groups excluding carboxylic acids is 2. The Labute approximate surface area is 262 Å². The number of carbonyl (C=O) groups is 2. The van der Waals surface area contributed by atoms with Crippen LogP contribution in [0.1, 0.15) is 42.9 Å². The van der Waals surface area contributed by atoms with Crippen molar-refractivity contribution in [1.82, 2.24) is 20.9 Å². The third-order valence-corrected chi connectivity index (χ3v) is 7.43. The summed E-state index contributed by atoms with van der Waals surface area (Å²) in [5.74, 6) is -6.53. The molecule has 2 aromatic rings. The van der Waals surface area contributed by atoms with Crippen LogP contribution < -0.4 is 16.0 Å². The number of nitrogens with zero attached hydrogens (tertiary/aromatic N) is 3. The lowest BCUT2D eigenvalue weighted by Crippen LogP contribution is -2.52. The average molecular weight is 651 g/mol. The largest absolute Gasteiger partial charge is 0.373 e. The Hall–Kier alpha value is -4.21. The fourth-order valence-electron chi connectivity index (χ4n) is 4.96. The standard InChI is InChI=1S/C20H23F3N6O3.C11H12F2O/c21-14-7-13(17(23)16(22)8-14)9-28-18(30)20(32)1-6-29(19(20)31)15-10-25-4-2-24-3-5-26-12-27-11-15;12-8-4-5-10(13)9(7-8)11-3-1-2-6-14-11/h7-8,10-12,24,32H,1-6,9H2,(H,26,27)(H,28,30);4-5,7,11H,1-3,6H2/b15-11+,25-10?;. The van der Waals surface area contributed by atoms with Crippen molar-refractivity contribution < 1.29 is 41.4 Å². The quantitative estimate of drug-likeness (QED) is 0.224. The van der Waals surface area contributed by atoms with Crippen LogP contribution in [-0.4, -0.2) is 79.3 Å². The minimum absolute atomic E-state index is 0.0145. The third kappa shape index (κ3) is 8.95. The number of hydrogen-bond acceptors (Lipinski definition) is 8. The molecule has 5 rings (SSSR count). The van der Waals surface area contributed by atoms with Gasteiger partial charge in [0.2, 0.25) is 5.60 Å². The van der Waals surface area contributed by atoms with Crippen molar-refractivity contribution in [2.45, 2.75) is 43.9 Å². The molecule has 248 valence electrons. The van der Waals surface area contributed by atoms with Gasteiger partial charge in [-0.2, -0.15) is 0 Å². The van der Waals surface area contributed by atoms with Gasteiger partial charge in [0.15, 0.2) is 11.6 Å². The average Bonchev–Trinajstić information content (AvgIpc) is 3.35. The summed E-state index contributed by atoms with van der Waals surface area (Å²) in [5.41, 5.74) is -2.21. The molecule has 46 heavy (non-hydrogen) atoms. The van der Waals surface area contributed by atoms with Gasteiger partial charge in [0.25, 0.3) is 11.8 Å². The molecule has 3 aliphatic rings. The van der Waals surface area contributed by atoms with Crippen LogP contribution in [-0.2, 0) is 20.9 Å². The molecule has 0 radical (unpaired) electrons. The molecule has 2 unspecified atom stereocenters. The fourth-order valence-corrected chi connectivity index (χ4v) is 4.96. The zero-order chi connectivity index (χ0) is 33.1. The van der Waals surface area contributed by atoms with E-state index in [1.165, 1.54) is 29.7 Å². The molecule has 0 spiro atoms. The molecule has 0 aromatic heterocycles. The van der Waals surface area contributed by atoms with Gasteiger partial charge in [0.05, 0.1) is 31.2 Å². The van der Waals surface area contributed by atoms with E-state index in [1.807, 2.05) is 0 Å². The Morgan fingerprint density at radius 3 is 2.59 bits per heavy atom. The predicted molar refractivity (Wildman–Crippen MR) is 159 cm³/mol. The van der Waals surface area contributed by atoms with Gasteiger partial charge in [0, 0.05) is 68.8 Å². The van der Waals surface area contributed by atoms with Crippen LogP contribution in [0.4, 0.5) is 22.0 Å². The van der Waals surface area contributed by atoms with E-state index < -0.39 is 52.8 Å². The summed E-state index contributed by atoms with van der Waals surface area (Å²) in [6, 6.07) is 4.61. The first kappa shape index (κ1) is 34.7. The lowest BCUT2D eigenvalue weighted by atomic mass is 10.0. The van der Waals surface area contributed by atoms with Gasteiger partial charge >= 0.3 is 0 Å². The zero-order valence-corrected chi connectivity index (χ0v) is 24.9. The number of aliphatic hydroxyl groups is 1. The second-order valence-corrected chi connectivity index (χ2v) is 10.7. The molecule has 15 heteroatoms. The number of aliphatic imine (C=N–C) groups is 2. The van der Waals surface area contributed by atoms with Gasteiger partial charge in [-0.15, -0.1) is 0 Å². The number of hydrogen-bond donors (Lipinski definition) is 4. The molecular formula is C31H35F5N6O4. The second-order valence-electron chi connectivity index (χ2n) is 10.7. The maximum atomic E-state index is 13.8. The minimum atomic E-state index is -2.42. The van der Waals surface area contributed by atoms with Gasteiger partial charge in [-0.3, -0.25) is 19.6 Å². The first-order valence-electron chi connectivity index (χ1n) is 14.8. The molecule has 3 heterocycles. The van der Waals surface area contributed by atoms with Crippen molar-refractivity contribution in [1.29, 1.82) is 0 Å². The number of rotatable bonds is 5. The highest BCUT2D eigenvalue weighted by molar-refractivity contribution is 6.11. The smallest absolute Gasteiger partial charge is 0.268 e. The Morgan fingerprint density at radius 1 is 1.04 bits per heavy atom. The van der Waals surface area contributed by atoms with Crippen molar-refractivity contribution in [2.24, 2.45) is 9.98 Å². The maximum Gasteiger partial charge on any atom is 0.268 e. The van der Waals surface area contributed by atoms with Crippen molar-refractivity contribution >= 4 is 24.4 Å². The van der Waals surface area contributed by atoms with Gasteiger partial charge in [-0.25, -0.2) is 22.0 Å². The Morgan fingerprint density at radius 2 is 1.83 bits per heavy atom. The van der Waals surface area contributed by atoms with E-state index in [1.54, 1.807) is 0 Å². The van der Waals surface area contributed by atoms with Crippen LogP contribution in [0.3, 0.4) is 0 Å². The van der Waals surface area contributed by atoms with Crippen molar-refractivity contribution in [3.05, 3.63) is 82.4 Å². The highest BCUT2D eigenvalue weighted by atomic mass is 19.2. The van der Waals surface area contributed by atoms with Crippen molar-refractivity contribution in [3.63, 3.8) is 0 Å². The van der Waals surface area contributed by atoms with Gasteiger partial charge in [0.1, 0.15) is 17.5 Å². The monoisotopic (exact) mass is 650 g/mol. The van der Waals surface area contributed by atoms with E-state index in [-0.39, 0.29) is 24.9 Å². The molecule has 4 N–H and O–H groups in total. The molecule has 3 aliphatic heterocycles. The van der Waals surface area contributed by atoms with Crippen LogP contribution in [0.15, 0.2) is 52.2 Å². The van der Waals surface area contributed by atoms with Crippen LogP contribution in [0.5, 0.6) is 0 Å². The lowest BCUT2D eigenvalue weighted by Gasteiger charge is -2.23. The summed E-state index contributed by atoms with van der Waals surface area (Å²) < 4.78 is 72.1. The van der Waals surface area contributed by atoms with Crippen molar-refractivity contribution in [3.8, 4) is 0 Å². The van der Waals surface area contributed by atoms with Crippen LogP contribution in [0, 0.1) is 29.1 Å². The zero-order valence-electron chi connectivity index (χ0n) is 24.9. The van der Waals surface area contributed by atoms with E-state index in [2.05, 4.69) is 25.9 Å². The SMILES string of the molecule is Fc1ccc(F)c(C2CCCCO2)c1.O=C(NCc1cc(F)cc(F)c1F)C1(O)CCN(/C2=C/NC=NCCNCCN=C2)C1=O. The van der Waals surface area contributed by atoms with E-state index in [9.17, 15) is 36.6 Å². The van der Waals surface area contributed by atoms with Crippen LogP contribution >= 0.6 is 0 Å². The molecule has 10 nitrogen and oxygen atoms in total. The van der Waals surface area contributed by atoms with E-state index >= 15 is 0 Å². The number of halogens is 5. The molecule has 2 aromatic carbocycles. The topological polar surface area (TPSA) is 128 Å². The van der Waals surface area contributed by atoms with E-state index in [0.717, 1.165) is 37.5 Å². The summed E-state index contributed by atoms with van der Waals surface area (Å²) in [6.45, 7) is 2.36. The minimum Gasteiger partial charge on any atom is -0.373 e. The first-order valence-corrected chi connectivity index (χ1v) is 14.8. The molecule has 2 saturated heterocycles. The number of amides is 2. The maximum absolute atomic E-state index is 13.8. The van der Waals surface area contributed by atoms with Gasteiger partial charge in [-0.05, 0) is 43.5 Å². The highest BCUT2D eigenvalue weighted by Gasteiger charge is 2.52. The Kier molecular flexibility index (Phi) is 12.3. The Bertz CT molecular complexity index is 1480. The fraction of sp³-hybridized carbons (Fsp3) is 0.419. The molecule has 2 fully saturated rings. The van der Waals surface area contributed by atoms with Crippen molar-refractivity contribution in [2.75, 3.05) is 39.3 Å². The lowest BCUT2D eigenvalue weighted by molar-refractivity contribution is -0.153. The first-order chi connectivity index (χ1) is 22.1. The summed E-state index contributed by atoms with van der Waals surface area (Å²) in [6.07, 6.45) is 6.65. The second kappa shape index (κ2) is 16.4. The molecule has 2 amide bonds. The van der Waals surface area contributed by atoms with E-state index in [4.69, 9.17) is 4.74 Å². The van der Waals surface area contributed by atoms with Gasteiger partial charge in [-0.1, -0.05) is 0 Å². The normalized spacial score (nSPS) is 23.3.